The summed E-state index contributed by atoms with van der Waals surface area (Å²) in [5, 5.41) is 14.9. The summed E-state index contributed by atoms with van der Waals surface area (Å²) in [6.07, 6.45) is 1.29. The molecule has 3 aromatic rings. The summed E-state index contributed by atoms with van der Waals surface area (Å²) in [4.78, 5) is 21.3. The van der Waals surface area contributed by atoms with Crippen molar-refractivity contribution < 1.29 is 14.4 Å². The van der Waals surface area contributed by atoms with Gasteiger partial charge in [0.05, 0.1) is 24.8 Å². The van der Waals surface area contributed by atoms with Crippen molar-refractivity contribution in [2.75, 3.05) is 31.5 Å². The topological polar surface area (TPSA) is 103 Å². The van der Waals surface area contributed by atoms with E-state index in [9.17, 15) is 10.1 Å². The van der Waals surface area contributed by atoms with Gasteiger partial charge >= 0.3 is 5.69 Å². The normalized spacial score (nSPS) is 10.3. The number of benzene rings is 2. The van der Waals surface area contributed by atoms with Crippen molar-refractivity contribution in [1.82, 2.24) is 9.97 Å². The summed E-state index contributed by atoms with van der Waals surface area (Å²) in [5.41, 5.74) is 1.27. The van der Waals surface area contributed by atoms with Gasteiger partial charge in [-0.3, -0.25) is 10.1 Å². The Morgan fingerprint density at radius 1 is 1.10 bits per heavy atom. The zero-order valence-corrected chi connectivity index (χ0v) is 16.3. The molecule has 0 aliphatic carbocycles. The number of hydrogen-bond donors (Lipinski definition) is 1. The maximum atomic E-state index is 11.9. The van der Waals surface area contributed by atoms with Crippen LogP contribution in [0.5, 0.6) is 11.5 Å². The van der Waals surface area contributed by atoms with E-state index in [2.05, 4.69) is 15.3 Å². The van der Waals surface area contributed by atoms with Crippen LogP contribution in [-0.4, -0.2) is 36.2 Å². The standard InChI is InChI=1S/C20H21N5O4/c1-24(12-14-7-5-4-6-8-14)20-18(25(26)27)19(21-13-22-20)23-16-11-15(28-2)9-10-17(16)29-3/h4-11,13H,12H2,1-3H3,(H,21,22,23). The maximum absolute atomic E-state index is 11.9. The molecule has 0 amide bonds. The van der Waals surface area contributed by atoms with Gasteiger partial charge in [0.2, 0.25) is 11.6 Å². The van der Waals surface area contributed by atoms with Gasteiger partial charge in [-0.25, -0.2) is 9.97 Å². The van der Waals surface area contributed by atoms with Crippen LogP contribution >= 0.6 is 0 Å². The molecule has 9 heteroatoms. The number of nitro groups is 1. The second kappa shape index (κ2) is 8.87. The molecule has 1 heterocycles. The minimum Gasteiger partial charge on any atom is -0.497 e. The van der Waals surface area contributed by atoms with Crippen LogP contribution in [-0.2, 0) is 6.54 Å². The highest BCUT2D eigenvalue weighted by Gasteiger charge is 2.26. The fraction of sp³-hybridized carbons (Fsp3) is 0.200. The molecule has 0 radical (unpaired) electrons. The summed E-state index contributed by atoms with van der Waals surface area (Å²) in [5.74, 6) is 1.34. The lowest BCUT2D eigenvalue weighted by atomic mass is 10.2. The van der Waals surface area contributed by atoms with E-state index in [4.69, 9.17) is 9.47 Å². The highest BCUT2D eigenvalue weighted by atomic mass is 16.6. The first kappa shape index (κ1) is 19.9. The summed E-state index contributed by atoms with van der Waals surface area (Å²) < 4.78 is 10.6. The Kier molecular flexibility index (Phi) is 6.08. The number of methoxy groups -OCH3 is 2. The van der Waals surface area contributed by atoms with Gasteiger partial charge in [-0.05, 0) is 17.7 Å². The summed E-state index contributed by atoms with van der Waals surface area (Å²) in [6.45, 7) is 0.459. The van der Waals surface area contributed by atoms with Gasteiger partial charge in [0.15, 0.2) is 0 Å². The number of nitrogens with zero attached hydrogens (tertiary/aromatic N) is 4. The lowest BCUT2D eigenvalue weighted by Gasteiger charge is -2.19. The van der Waals surface area contributed by atoms with Crippen molar-refractivity contribution in [1.29, 1.82) is 0 Å². The van der Waals surface area contributed by atoms with E-state index in [1.807, 2.05) is 30.3 Å². The van der Waals surface area contributed by atoms with Crippen molar-refractivity contribution in [3.8, 4) is 11.5 Å². The quantitative estimate of drug-likeness (QED) is 0.454. The molecule has 0 spiro atoms. The molecular formula is C20H21N5O4. The van der Waals surface area contributed by atoms with E-state index in [0.29, 0.717) is 23.7 Å². The second-order valence-corrected chi connectivity index (χ2v) is 6.18. The zero-order valence-electron chi connectivity index (χ0n) is 16.3. The Hall–Kier alpha value is -3.88. The molecule has 29 heavy (non-hydrogen) atoms. The summed E-state index contributed by atoms with van der Waals surface area (Å²) in [7, 11) is 4.80. The monoisotopic (exact) mass is 395 g/mol. The highest BCUT2D eigenvalue weighted by molar-refractivity contribution is 5.76. The zero-order chi connectivity index (χ0) is 20.8. The first-order valence-electron chi connectivity index (χ1n) is 8.77. The molecule has 0 saturated carbocycles. The largest absolute Gasteiger partial charge is 0.497 e. The Balaban J connectivity index is 1.98. The molecule has 0 atom stereocenters. The van der Waals surface area contributed by atoms with E-state index in [1.165, 1.54) is 20.5 Å². The average Bonchev–Trinajstić information content (AvgIpc) is 2.74. The summed E-state index contributed by atoms with van der Waals surface area (Å²) in [6, 6.07) is 14.8. The molecule has 9 nitrogen and oxygen atoms in total. The predicted molar refractivity (Wildman–Crippen MR) is 110 cm³/mol. The number of nitrogens with one attached hydrogen (secondary N) is 1. The average molecular weight is 395 g/mol. The van der Waals surface area contributed by atoms with Gasteiger partial charge in [0.25, 0.3) is 0 Å². The van der Waals surface area contributed by atoms with Gasteiger partial charge in [-0.15, -0.1) is 0 Å². The van der Waals surface area contributed by atoms with Gasteiger partial charge in [0.1, 0.15) is 17.8 Å². The number of aromatic nitrogens is 2. The molecule has 150 valence electrons. The molecule has 1 N–H and O–H groups in total. The van der Waals surface area contributed by atoms with Gasteiger partial charge in [-0.1, -0.05) is 30.3 Å². The third-order valence-corrected chi connectivity index (χ3v) is 4.27. The van der Waals surface area contributed by atoms with Crippen LogP contribution in [0.1, 0.15) is 5.56 Å². The molecule has 1 aromatic heterocycles. The van der Waals surface area contributed by atoms with E-state index >= 15 is 0 Å². The summed E-state index contributed by atoms with van der Waals surface area (Å²) >= 11 is 0. The lowest BCUT2D eigenvalue weighted by Crippen LogP contribution is -2.20. The Labute approximate surface area is 168 Å². The van der Waals surface area contributed by atoms with E-state index < -0.39 is 4.92 Å². The molecule has 3 rings (SSSR count). The Morgan fingerprint density at radius 2 is 1.86 bits per heavy atom. The van der Waals surface area contributed by atoms with Crippen molar-refractivity contribution in [2.45, 2.75) is 6.54 Å². The van der Waals surface area contributed by atoms with E-state index in [-0.39, 0.29) is 17.3 Å². The first-order chi connectivity index (χ1) is 14.0. The molecule has 0 fully saturated rings. The molecule has 0 aliphatic rings. The highest BCUT2D eigenvalue weighted by Crippen LogP contribution is 2.37. The van der Waals surface area contributed by atoms with Crippen molar-refractivity contribution in [3.63, 3.8) is 0 Å². The van der Waals surface area contributed by atoms with E-state index in [1.54, 1.807) is 30.1 Å². The van der Waals surface area contributed by atoms with Crippen molar-refractivity contribution in [2.24, 2.45) is 0 Å². The van der Waals surface area contributed by atoms with Crippen molar-refractivity contribution >= 4 is 23.0 Å². The second-order valence-electron chi connectivity index (χ2n) is 6.18. The van der Waals surface area contributed by atoms with Gasteiger partial charge in [0, 0.05) is 19.7 Å². The van der Waals surface area contributed by atoms with Gasteiger partial charge < -0.3 is 19.7 Å². The van der Waals surface area contributed by atoms with Crippen LogP contribution in [0.25, 0.3) is 0 Å². The molecule has 0 bridgehead atoms. The van der Waals surface area contributed by atoms with Crippen LogP contribution in [0, 0.1) is 10.1 Å². The van der Waals surface area contributed by atoms with Crippen LogP contribution in [0.4, 0.5) is 23.0 Å². The maximum Gasteiger partial charge on any atom is 0.353 e. The number of anilines is 3. The smallest absolute Gasteiger partial charge is 0.353 e. The third-order valence-electron chi connectivity index (χ3n) is 4.27. The molecular weight excluding hydrogens is 374 g/mol. The minimum absolute atomic E-state index is 0.0615. The minimum atomic E-state index is -0.494. The number of ether oxygens (including phenoxy) is 2. The predicted octanol–water partition coefficient (Wildman–Crippen LogP) is 3.78. The molecule has 0 aliphatic heterocycles. The van der Waals surface area contributed by atoms with Crippen molar-refractivity contribution in [3.05, 3.63) is 70.5 Å². The first-order valence-corrected chi connectivity index (χ1v) is 8.77. The molecule has 0 saturated heterocycles. The fourth-order valence-corrected chi connectivity index (χ4v) is 2.88. The lowest BCUT2D eigenvalue weighted by molar-refractivity contribution is -0.383. The SMILES string of the molecule is COc1ccc(OC)c(Nc2ncnc(N(C)Cc3ccccc3)c2[N+](=O)[O-])c1. The van der Waals surface area contributed by atoms with Gasteiger partial charge in [-0.2, -0.15) is 0 Å². The van der Waals surface area contributed by atoms with Crippen LogP contribution in [0.15, 0.2) is 54.9 Å². The number of hydrogen-bond acceptors (Lipinski definition) is 8. The Morgan fingerprint density at radius 3 is 2.52 bits per heavy atom. The third kappa shape index (κ3) is 4.52. The van der Waals surface area contributed by atoms with Crippen LogP contribution in [0.3, 0.4) is 0 Å². The molecule has 2 aromatic carbocycles. The molecule has 0 unspecified atom stereocenters. The van der Waals surface area contributed by atoms with E-state index in [0.717, 1.165) is 5.56 Å². The van der Waals surface area contributed by atoms with Crippen LogP contribution in [0.2, 0.25) is 0 Å². The number of rotatable bonds is 8. The van der Waals surface area contributed by atoms with Crippen LogP contribution < -0.4 is 19.7 Å². The Bertz CT molecular complexity index is 997. The fourth-order valence-electron chi connectivity index (χ4n) is 2.88.